The molecule has 3 heteroatoms. The van der Waals surface area contributed by atoms with Crippen molar-refractivity contribution in [3.05, 3.63) is 0 Å². The third-order valence-electron chi connectivity index (χ3n) is 5.39. The van der Waals surface area contributed by atoms with Crippen molar-refractivity contribution in [3.8, 4) is 0 Å². The van der Waals surface area contributed by atoms with E-state index in [-0.39, 0.29) is 0 Å². The van der Waals surface area contributed by atoms with Crippen LogP contribution < -0.4 is 5.73 Å². The van der Waals surface area contributed by atoms with Gasteiger partial charge in [0, 0.05) is 44.8 Å². The average Bonchev–Trinajstić information content (AvgIpc) is 2.83. The maximum Gasteiger partial charge on any atom is 0.0360 e. The van der Waals surface area contributed by atoms with E-state index in [0.29, 0.717) is 5.54 Å². The molecule has 2 N–H and O–H groups in total. The summed E-state index contributed by atoms with van der Waals surface area (Å²) in [5.41, 5.74) is 6.56. The van der Waals surface area contributed by atoms with Gasteiger partial charge in [-0.2, -0.15) is 0 Å². The second kappa shape index (κ2) is 6.55. The molecule has 0 aromatic rings. The summed E-state index contributed by atoms with van der Waals surface area (Å²) in [5, 5.41) is 0. The molecule has 2 unspecified atom stereocenters. The van der Waals surface area contributed by atoms with Crippen LogP contribution in [0.4, 0.5) is 0 Å². The van der Waals surface area contributed by atoms with E-state index in [9.17, 15) is 0 Å². The Morgan fingerprint density at radius 3 is 2.42 bits per heavy atom. The van der Waals surface area contributed by atoms with Gasteiger partial charge < -0.3 is 10.6 Å². The molecule has 1 heterocycles. The van der Waals surface area contributed by atoms with Gasteiger partial charge in [-0.15, -0.1) is 0 Å². The quantitative estimate of drug-likeness (QED) is 0.828. The number of rotatable bonds is 5. The Bertz CT molecular complexity index is 271. The van der Waals surface area contributed by atoms with E-state index in [4.69, 9.17) is 5.73 Å². The molecule has 2 rings (SSSR count). The fraction of sp³-hybridized carbons (Fsp3) is 1.00. The van der Waals surface area contributed by atoms with Gasteiger partial charge in [0.1, 0.15) is 0 Å². The van der Waals surface area contributed by atoms with Crippen molar-refractivity contribution in [2.24, 2.45) is 17.6 Å². The molecule has 2 atom stereocenters. The lowest BCUT2D eigenvalue weighted by Gasteiger charge is -2.49. The second-order valence-electron chi connectivity index (χ2n) is 6.99. The molecule has 0 aromatic carbocycles. The van der Waals surface area contributed by atoms with Crippen LogP contribution in [0, 0.1) is 11.8 Å². The molecule has 2 fully saturated rings. The monoisotopic (exact) mass is 267 g/mol. The molecule has 1 aliphatic heterocycles. The van der Waals surface area contributed by atoms with Gasteiger partial charge in [-0.25, -0.2) is 0 Å². The summed E-state index contributed by atoms with van der Waals surface area (Å²) in [6, 6.07) is 0. The van der Waals surface area contributed by atoms with Gasteiger partial charge in [0.05, 0.1) is 0 Å². The predicted molar refractivity (Wildman–Crippen MR) is 82.3 cm³/mol. The van der Waals surface area contributed by atoms with E-state index in [1.807, 2.05) is 0 Å². The SMILES string of the molecule is CCC1CCCC1(CN)N1CCN(CC(C)C)CC1. The molecule has 0 amide bonds. The summed E-state index contributed by atoms with van der Waals surface area (Å²) < 4.78 is 0. The number of piperazine rings is 1. The standard InChI is InChI=1S/C16H33N3/c1-4-15-6-5-7-16(15,13-17)19-10-8-18(9-11-19)12-14(2)3/h14-15H,4-13,17H2,1-3H3. The molecule has 0 aromatic heterocycles. The van der Waals surface area contributed by atoms with E-state index >= 15 is 0 Å². The van der Waals surface area contributed by atoms with E-state index in [0.717, 1.165) is 18.4 Å². The van der Waals surface area contributed by atoms with E-state index in [1.165, 1.54) is 58.4 Å². The van der Waals surface area contributed by atoms with Crippen LogP contribution in [0.5, 0.6) is 0 Å². The maximum atomic E-state index is 6.23. The Kier molecular flexibility index (Phi) is 5.27. The molecule has 3 nitrogen and oxygen atoms in total. The number of nitrogens with two attached hydrogens (primary N) is 1. The molecule has 1 saturated heterocycles. The largest absolute Gasteiger partial charge is 0.329 e. The molecule has 112 valence electrons. The van der Waals surface area contributed by atoms with Gasteiger partial charge in [-0.1, -0.05) is 33.6 Å². The second-order valence-corrected chi connectivity index (χ2v) is 6.99. The van der Waals surface area contributed by atoms with E-state index < -0.39 is 0 Å². The predicted octanol–water partition coefficient (Wildman–Crippen LogP) is 2.17. The lowest BCUT2D eigenvalue weighted by molar-refractivity contribution is 0.00860. The highest BCUT2D eigenvalue weighted by atomic mass is 15.3. The summed E-state index contributed by atoms with van der Waals surface area (Å²) in [7, 11) is 0. The fourth-order valence-corrected chi connectivity index (χ4v) is 4.42. The zero-order valence-corrected chi connectivity index (χ0v) is 13.2. The highest BCUT2D eigenvalue weighted by Gasteiger charge is 2.45. The summed E-state index contributed by atoms with van der Waals surface area (Å²) in [4.78, 5) is 5.37. The minimum Gasteiger partial charge on any atom is -0.329 e. The third kappa shape index (κ3) is 3.14. The van der Waals surface area contributed by atoms with Crippen LogP contribution >= 0.6 is 0 Å². The van der Waals surface area contributed by atoms with Gasteiger partial charge in [-0.05, 0) is 24.7 Å². The smallest absolute Gasteiger partial charge is 0.0360 e. The Balaban J connectivity index is 1.95. The first-order chi connectivity index (χ1) is 9.12. The van der Waals surface area contributed by atoms with Crippen molar-refractivity contribution >= 4 is 0 Å². The van der Waals surface area contributed by atoms with E-state index in [1.54, 1.807) is 0 Å². The highest BCUT2D eigenvalue weighted by molar-refractivity contribution is 5.02. The zero-order chi connectivity index (χ0) is 13.9. The van der Waals surface area contributed by atoms with E-state index in [2.05, 4.69) is 30.6 Å². The van der Waals surface area contributed by atoms with Crippen LogP contribution in [0.1, 0.15) is 46.5 Å². The Morgan fingerprint density at radius 2 is 1.89 bits per heavy atom. The first-order valence-corrected chi connectivity index (χ1v) is 8.30. The minimum atomic E-state index is 0.332. The third-order valence-corrected chi connectivity index (χ3v) is 5.39. The van der Waals surface area contributed by atoms with Crippen LogP contribution in [-0.4, -0.2) is 54.6 Å². The fourth-order valence-electron chi connectivity index (χ4n) is 4.42. The summed E-state index contributed by atoms with van der Waals surface area (Å²) >= 11 is 0. The summed E-state index contributed by atoms with van der Waals surface area (Å²) in [6.45, 7) is 14.0. The average molecular weight is 267 g/mol. The summed E-state index contributed by atoms with van der Waals surface area (Å²) in [6.07, 6.45) is 5.39. The number of hydrogen-bond acceptors (Lipinski definition) is 3. The first kappa shape index (κ1) is 15.3. The maximum absolute atomic E-state index is 6.23. The molecule has 0 bridgehead atoms. The molecule has 2 aliphatic rings. The first-order valence-electron chi connectivity index (χ1n) is 8.30. The van der Waals surface area contributed by atoms with Crippen molar-refractivity contribution in [1.82, 2.24) is 9.80 Å². The zero-order valence-electron chi connectivity index (χ0n) is 13.2. The molecule has 0 spiro atoms. The molecule has 19 heavy (non-hydrogen) atoms. The van der Waals surface area contributed by atoms with Crippen molar-refractivity contribution in [2.45, 2.75) is 52.0 Å². The van der Waals surface area contributed by atoms with Gasteiger partial charge in [-0.3, -0.25) is 4.90 Å². The van der Waals surface area contributed by atoms with Crippen LogP contribution in [0.15, 0.2) is 0 Å². The van der Waals surface area contributed by atoms with Crippen LogP contribution in [0.3, 0.4) is 0 Å². The molecule has 0 radical (unpaired) electrons. The van der Waals surface area contributed by atoms with Gasteiger partial charge in [0.25, 0.3) is 0 Å². The lowest BCUT2D eigenvalue weighted by atomic mass is 9.83. The van der Waals surface area contributed by atoms with Gasteiger partial charge >= 0.3 is 0 Å². The van der Waals surface area contributed by atoms with Crippen molar-refractivity contribution in [2.75, 3.05) is 39.3 Å². The summed E-state index contributed by atoms with van der Waals surface area (Å²) in [5.74, 6) is 1.61. The van der Waals surface area contributed by atoms with Crippen LogP contribution in [0.25, 0.3) is 0 Å². The Hall–Kier alpha value is -0.120. The minimum absolute atomic E-state index is 0.332. The van der Waals surface area contributed by atoms with Gasteiger partial charge in [0.2, 0.25) is 0 Å². The molecular weight excluding hydrogens is 234 g/mol. The van der Waals surface area contributed by atoms with Crippen molar-refractivity contribution < 1.29 is 0 Å². The molecule has 1 saturated carbocycles. The Labute approximate surface area is 119 Å². The van der Waals surface area contributed by atoms with Crippen molar-refractivity contribution in [3.63, 3.8) is 0 Å². The number of nitrogens with zero attached hydrogens (tertiary/aromatic N) is 2. The van der Waals surface area contributed by atoms with Crippen LogP contribution in [-0.2, 0) is 0 Å². The van der Waals surface area contributed by atoms with Crippen LogP contribution in [0.2, 0.25) is 0 Å². The Morgan fingerprint density at radius 1 is 1.21 bits per heavy atom. The topological polar surface area (TPSA) is 32.5 Å². The van der Waals surface area contributed by atoms with Crippen molar-refractivity contribution in [1.29, 1.82) is 0 Å². The molecular formula is C16H33N3. The highest BCUT2D eigenvalue weighted by Crippen LogP contribution is 2.42. The molecule has 1 aliphatic carbocycles. The normalized spacial score (nSPS) is 34.3. The number of hydrogen-bond donors (Lipinski definition) is 1. The van der Waals surface area contributed by atoms with Gasteiger partial charge in [0.15, 0.2) is 0 Å². The lowest BCUT2D eigenvalue weighted by Crippen LogP contribution is -2.62.